The van der Waals surface area contributed by atoms with Crippen molar-refractivity contribution < 1.29 is 0 Å². The largest absolute Gasteiger partial charge is 0.355 e. The van der Waals surface area contributed by atoms with Crippen molar-refractivity contribution in [1.82, 2.24) is 9.55 Å². The van der Waals surface area contributed by atoms with Crippen molar-refractivity contribution >= 4 is 5.95 Å². The van der Waals surface area contributed by atoms with Crippen molar-refractivity contribution in [2.75, 3.05) is 11.9 Å². The minimum Gasteiger partial charge on any atom is -0.355 e. The summed E-state index contributed by atoms with van der Waals surface area (Å²) < 4.78 is 2.10. The predicted molar refractivity (Wildman–Crippen MR) is 74.0 cm³/mol. The van der Waals surface area contributed by atoms with Gasteiger partial charge in [0, 0.05) is 24.6 Å². The van der Waals surface area contributed by atoms with Crippen LogP contribution in [0.3, 0.4) is 0 Å². The molecule has 1 N–H and O–H groups in total. The number of nitrogens with zero attached hydrogens (tertiary/aromatic N) is 2. The normalized spacial score (nSPS) is 15.3. The molecule has 0 unspecified atom stereocenters. The molecule has 1 heterocycles. The topological polar surface area (TPSA) is 29.9 Å². The van der Waals surface area contributed by atoms with Gasteiger partial charge in [0.05, 0.1) is 0 Å². The molecule has 1 saturated carbocycles. The summed E-state index contributed by atoms with van der Waals surface area (Å²) in [6, 6.07) is 10.3. The van der Waals surface area contributed by atoms with Crippen LogP contribution in [0.1, 0.15) is 25.7 Å². The maximum absolute atomic E-state index is 4.39. The first-order valence-corrected chi connectivity index (χ1v) is 6.76. The molecule has 2 aromatic rings. The highest BCUT2D eigenvalue weighted by Crippen LogP contribution is 2.29. The Morgan fingerprint density at radius 3 is 2.78 bits per heavy atom. The molecule has 0 aliphatic heterocycles. The highest BCUT2D eigenvalue weighted by molar-refractivity contribution is 5.41. The molecule has 1 fully saturated rings. The summed E-state index contributed by atoms with van der Waals surface area (Å²) in [6.07, 6.45) is 9.36. The number of imidazole rings is 1. The Labute approximate surface area is 108 Å². The molecule has 0 amide bonds. The Balaban J connectivity index is 1.64. The lowest BCUT2D eigenvalue weighted by Crippen LogP contribution is -2.16. The van der Waals surface area contributed by atoms with Gasteiger partial charge in [0.25, 0.3) is 0 Å². The van der Waals surface area contributed by atoms with E-state index in [2.05, 4.69) is 27.0 Å². The molecule has 1 aromatic heterocycles. The monoisotopic (exact) mass is 241 g/mol. The zero-order valence-corrected chi connectivity index (χ0v) is 10.5. The Bertz CT molecular complexity index is 485. The average Bonchev–Trinajstić information content (AvgIpc) is 2.82. The molecular weight excluding hydrogens is 222 g/mol. The van der Waals surface area contributed by atoms with Crippen LogP contribution in [0.2, 0.25) is 0 Å². The molecule has 0 bridgehead atoms. The van der Waals surface area contributed by atoms with E-state index >= 15 is 0 Å². The number of hydrogen-bond donors (Lipinski definition) is 1. The molecule has 0 atom stereocenters. The van der Waals surface area contributed by atoms with E-state index in [0.29, 0.717) is 0 Å². The van der Waals surface area contributed by atoms with E-state index in [1.165, 1.54) is 25.7 Å². The van der Waals surface area contributed by atoms with Crippen LogP contribution in [-0.2, 0) is 0 Å². The first-order valence-electron chi connectivity index (χ1n) is 6.76. The summed E-state index contributed by atoms with van der Waals surface area (Å²) in [4.78, 5) is 4.39. The van der Waals surface area contributed by atoms with Crippen LogP contribution in [0.25, 0.3) is 5.69 Å². The summed E-state index contributed by atoms with van der Waals surface area (Å²) in [5.74, 6) is 1.89. The minimum absolute atomic E-state index is 0.942. The Kier molecular flexibility index (Phi) is 3.31. The van der Waals surface area contributed by atoms with Gasteiger partial charge in [-0.25, -0.2) is 4.98 Å². The smallest absolute Gasteiger partial charge is 0.207 e. The molecule has 0 radical (unpaired) electrons. The summed E-state index contributed by atoms with van der Waals surface area (Å²) in [5.41, 5.74) is 1.15. The molecule has 1 aromatic carbocycles. The molecule has 3 rings (SSSR count). The fourth-order valence-electron chi connectivity index (χ4n) is 2.40. The molecule has 3 nitrogen and oxygen atoms in total. The second-order valence-corrected chi connectivity index (χ2v) is 4.97. The highest BCUT2D eigenvalue weighted by atomic mass is 15.2. The fourth-order valence-corrected chi connectivity index (χ4v) is 2.40. The predicted octanol–water partition coefficient (Wildman–Crippen LogP) is 3.47. The summed E-state index contributed by atoms with van der Waals surface area (Å²) in [7, 11) is 0. The lowest BCUT2D eigenvalue weighted by molar-refractivity contribution is 0.302. The Morgan fingerprint density at radius 2 is 2.06 bits per heavy atom. The van der Waals surface area contributed by atoms with Gasteiger partial charge in [0.1, 0.15) is 0 Å². The first kappa shape index (κ1) is 11.3. The fraction of sp³-hybridized carbons (Fsp3) is 0.400. The van der Waals surface area contributed by atoms with E-state index in [9.17, 15) is 0 Å². The van der Waals surface area contributed by atoms with Gasteiger partial charge < -0.3 is 5.32 Å². The third kappa shape index (κ3) is 2.40. The highest BCUT2D eigenvalue weighted by Gasteiger charge is 2.16. The number of nitrogens with one attached hydrogen (secondary N) is 1. The van der Waals surface area contributed by atoms with E-state index in [-0.39, 0.29) is 0 Å². The molecule has 1 aliphatic rings. The minimum atomic E-state index is 0.942. The van der Waals surface area contributed by atoms with E-state index in [4.69, 9.17) is 0 Å². The van der Waals surface area contributed by atoms with Crippen LogP contribution in [0, 0.1) is 5.92 Å². The van der Waals surface area contributed by atoms with Gasteiger partial charge in [-0.3, -0.25) is 4.57 Å². The first-order chi connectivity index (χ1) is 8.93. The van der Waals surface area contributed by atoms with Gasteiger partial charge in [-0.05, 0) is 24.5 Å². The van der Waals surface area contributed by atoms with Gasteiger partial charge in [-0.15, -0.1) is 0 Å². The van der Waals surface area contributed by atoms with Crippen LogP contribution < -0.4 is 5.32 Å². The van der Waals surface area contributed by atoms with Crippen molar-refractivity contribution in [1.29, 1.82) is 0 Å². The van der Waals surface area contributed by atoms with E-state index in [1.807, 2.05) is 30.6 Å². The molecular formula is C15H19N3. The zero-order chi connectivity index (χ0) is 12.2. The van der Waals surface area contributed by atoms with Gasteiger partial charge in [-0.2, -0.15) is 0 Å². The zero-order valence-electron chi connectivity index (χ0n) is 10.5. The second kappa shape index (κ2) is 5.25. The summed E-state index contributed by atoms with van der Waals surface area (Å²) in [6.45, 7) is 1.02. The third-order valence-electron chi connectivity index (χ3n) is 3.74. The molecule has 18 heavy (non-hydrogen) atoms. The molecule has 94 valence electrons. The van der Waals surface area contributed by atoms with E-state index in [0.717, 1.165) is 24.1 Å². The summed E-state index contributed by atoms with van der Waals surface area (Å²) in [5, 5.41) is 3.44. The Morgan fingerprint density at radius 1 is 1.22 bits per heavy atom. The molecule has 0 saturated heterocycles. The van der Waals surface area contributed by atoms with Gasteiger partial charge in [0.15, 0.2) is 0 Å². The van der Waals surface area contributed by atoms with Crippen molar-refractivity contribution in [2.45, 2.75) is 25.7 Å². The SMILES string of the molecule is c1ccc(-n2ccnc2NCCC2CCC2)cc1. The van der Waals surface area contributed by atoms with Crippen molar-refractivity contribution in [2.24, 2.45) is 5.92 Å². The van der Waals surface area contributed by atoms with Crippen molar-refractivity contribution in [3.05, 3.63) is 42.7 Å². The number of aromatic nitrogens is 2. The quantitative estimate of drug-likeness (QED) is 0.868. The van der Waals surface area contributed by atoms with Crippen LogP contribution in [0.4, 0.5) is 5.95 Å². The lowest BCUT2D eigenvalue weighted by Gasteiger charge is -2.25. The molecule has 1 aliphatic carbocycles. The standard InChI is InChI=1S/C15H19N3/c1-2-7-14(8-3-1)18-12-11-17-15(18)16-10-9-13-5-4-6-13/h1-3,7-8,11-13H,4-6,9-10H2,(H,16,17). The maximum atomic E-state index is 4.39. The maximum Gasteiger partial charge on any atom is 0.207 e. The summed E-state index contributed by atoms with van der Waals surface area (Å²) >= 11 is 0. The average molecular weight is 241 g/mol. The van der Waals surface area contributed by atoms with Crippen molar-refractivity contribution in [3.63, 3.8) is 0 Å². The van der Waals surface area contributed by atoms with E-state index < -0.39 is 0 Å². The Hall–Kier alpha value is -1.77. The molecule has 0 spiro atoms. The number of benzene rings is 1. The van der Waals surface area contributed by atoms with Gasteiger partial charge in [0.2, 0.25) is 5.95 Å². The van der Waals surface area contributed by atoms with Gasteiger partial charge >= 0.3 is 0 Å². The molecule has 3 heteroatoms. The second-order valence-electron chi connectivity index (χ2n) is 4.97. The third-order valence-corrected chi connectivity index (χ3v) is 3.74. The van der Waals surface area contributed by atoms with E-state index in [1.54, 1.807) is 0 Å². The van der Waals surface area contributed by atoms with Crippen LogP contribution >= 0.6 is 0 Å². The number of rotatable bonds is 5. The van der Waals surface area contributed by atoms with Crippen LogP contribution in [-0.4, -0.2) is 16.1 Å². The van der Waals surface area contributed by atoms with Crippen LogP contribution in [0.15, 0.2) is 42.7 Å². The van der Waals surface area contributed by atoms with Gasteiger partial charge in [-0.1, -0.05) is 37.5 Å². The number of para-hydroxylation sites is 1. The lowest BCUT2D eigenvalue weighted by atomic mass is 9.83. The number of anilines is 1. The van der Waals surface area contributed by atoms with Crippen molar-refractivity contribution in [3.8, 4) is 5.69 Å². The van der Waals surface area contributed by atoms with Crippen LogP contribution in [0.5, 0.6) is 0 Å². The number of hydrogen-bond acceptors (Lipinski definition) is 2.